The fraction of sp³-hybridized carbons (Fsp3) is 0.370. The van der Waals surface area contributed by atoms with Gasteiger partial charge in [-0.1, -0.05) is 23.9 Å². The van der Waals surface area contributed by atoms with E-state index in [1.807, 2.05) is 0 Å². The van der Waals surface area contributed by atoms with E-state index in [1.165, 1.54) is 37.7 Å². The van der Waals surface area contributed by atoms with Crippen LogP contribution in [0.15, 0.2) is 36.7 Å². The Morgan fingerprint density at radius 1 is 1.17 bits per heavy atom. The number of carbonyl (C=O) groups excluding carboxylic acids is 1. The Hall–Kier alpha value is -3.41. The van der Waals surface area contributed by atoms with Gasteiger partial charge in [-0.25, -0.2) is 14.4 Å². The third-order valence-corrected chi connectivity index (χ3v) is 6.58. The van der Waals surface area contributed by atoms with Gasteiger partial charge in [0.25, 0.3) is 5.91 Å². The Kier molecular flexibility index (Phi) is 7.49. The van der Waals surface area contributed by atoms with Crippen LogP contribution in [0.4, 0.5) is 21.6 Å². The van der Waals surface area contributed by atoms with Crippen LogP contribution in [0.5, 0.6) is 5.75 Å². The summed E-state index contributed by atoms with van der Waals surface area (Å²) in [5.74, 6) is 6.35. The van der Waals surface area contributed by atoms with Crippen LogP contribution < -0.4 is 15.4 Å². The molecule has 0 radical (unpaired) electrons. The van der Waals surface area contributed by atoms with Crippen LogP contribution in [0.25, 0.3) is 10.9 Å². The number of carbonyl (C=O) groups is 1. The van der Waals surface area contributed by atoms with E-state index in [0.29, 0.717) is 52.9 Å². The summed E-state index contributed by atoms with van der Waals surface area (Å²) in [5.41, 5.74) is 1.71. The summed E-state index contributed by atoms with van der Waals surface area (Å²) in [6.07, 6.45) is 7.33. The Morgan fingerprint density at radius 2 is 2.00 bits per heavy atom. The van der Waals surface area contributed by atoms with Crippen LogP contribution in [0.1, 0.15) is 32.1 Å². The molecule has 1 saturated heterocycles. The van der Waals surface area contributed by atoms with Crippen molar-refractivity contribution < 1.29 is 13.9 Å². The van der Waals surface area contributed by atoms with Gasteiger partial charge in [-0.3, -0.25) is 9.69 Å². The van der Waals surface area contributed by atoms with Crippen molar-refractivity contribution >= 4 is 45.6 Å². The lowest BCUT2D eigenvalue weighted by molar-refractivity contribution is -0.111. The van der Waals surface area contributed by atoms with Gasteiger partial charge < -0.3 is 15.4 Å². The number of likely N-dealkylation sites (tertiary alicyclic amines) is 1. The van der Waals surface area contributed by atoms with Crippen LogP contribution in [0.3, 0.4) is 0 Å². The number of ether oxygens (including phenoxy) is 1. The van der Waals surface area contributed by atoms with Crippen molar-refractivity contribution in [1.29, 1.82) is 0 Å². The van der Waals surface area contributed by atoms with Crippen LogP contribution >= 0.6 is 11.6 Å². The van der Waals surface area contributed by atoms with Crippen molar-refractivity contribution in [3.63, 3.8) is 0 Å². The monoisotopic (exact) mass is 507 g/mol. The van der Waals surface area contributed by atoms with Crippen molar-refractivity contribution in [2.45, 2.75) is 32.1 Å². The topological polar surface area (TPSA) is 79.4 Å². The number of aromatic nitrogens is 2. The molecule has 1 aromatic heterocycles. The van der Waals surface area contributed by atoms with E-state index in [1.54, 1.807) is 18.2 Å². The fourth-order valence-corrected chi connectivity index (χ4v) is 4.29. The normalized spacial score (nSPS) is 15.7. The molecule has 0 atom stereocenters. The van der Waals surface area contributed by atoms with Gasteiger partial charge in [0.2, 0.25) is 0 Å². The van der Waals surface area contributed by atoms with Crippen LogP contribution in [-0.4, -0.2) is 47.0 Å². The molecule has 1 saturated carbocycles. The second-order valence-electron chi connectivity index (χ2n) is 9.19. The summed E-state index contributed by atoms with van der Waals surface area (Å²) in [5, 5.41) is 6.70. The van der Waals surface area contributed by atoms with Crippen LogP contribution in [0.2, 0.25) is 5.02 Å². The van der Waals surface area contributed by atoms with Gasteiger partial charge >= 0.3 is 0 Å². The molecular formula is C27H27ClFN5O2. The van der Waals surface area contributed by atoms with Crippen molar-refractivity contribution in [3.8, 4) is 17.6 Å². The highest BCUT2D eigenvalue weighted by atomic mass is 35.5. The maximum Gasteiger partial charge on any atom is 0.300 e. The molecular weight excluding hydrogens is 481 g/mol. The van der Waals surface area contributed by atoms with E-state index in [4.69, 9.17) is 16.3 Å². The van der Waals surface area contributed by atoms with Gasteiger partial charge in [-0.2, -0.15) is 0 Å². The third-order valence-electron chi connectivity index (χ3n) is 6.29. The molecule has 2 heterocycles. The highest BCUT2D eigenvalue weighted by Crippen LogP contribution is 2.36. The average molecular weight is 508 g/mol. The zero-order valence-electron chi connectivity index (χ0n) is 19.8. The first-order chi connectivity index (χ1) is 17.5. The molecule has 2 aromatic carbocycles. The number of nitrogens with one attached hydrogen (secondary N) is 2. The first kappa shape index (κ1) is 24.3. The van der Waals surface area contributed by atoms with E-state index in [0.717, 1.165) is 25.9 Å². The third kappa shape index (κ3) is 6.23. The van der Waals surface area contributed by atoms with Gasteiger partial charge in [-0.15, -0.1) is 0 Å². The van der Waals surface area contributed by atoms with Crippen LogP contribution in [-0.2, 0) is 4.79 Å². The zero-order valence-corrected chi connectivity index (χ0v) is 20.6. The standard InChI is InChI=1S/C27H27ClFN5O2/c28-21-13-19(8-9-22(21)29)32-27-20-14-24(33-26(35)5-4-12-34-10-2-1-3-11-34)25(36-16-18-6-7-18)15-23(20)30-17-31-27/h8-9,13-15,17-18H,1-3,6-7,10-12,16H2,(H,33,35)(H,30,31,32). The van der Waals surface area contributed by atoms with Gasteiger partial charge in [0.1, 0.15) is 23.7 Å². The van der Waals surface area contributed by atoms with Gasteiger partial charge in [-0.05, 0) is 74.9 Å². The number of benzene rings is 2. The molecule has 2 fully saturated rings. The van der Waals surface area contributed by atoms with E-state index >= 15 is 0 Å². The van der Waals surface area contributed by atoms with E-state index in [2.05, 4.69) is 37.3 Å². The number of hydrogen-bond donors (Lipinski definition) is 2. The second-order valence-corrected chi connectivity index (χ2v) is 9.60. The molecule has 7 nitrogen and oxygen atoms in total. The fourth-order valence-electron chi connectivity index (χ4n) is 4.11. The second kappa shape index (κ2) is 11.1. The van der Waals surface area contributed by atoms with E-state index in [9.17, 15) is 9.18 Å². The first-order valence-corrected chi connectivity index (χ1v) is 12.6. The first-order valence-electron chi connectivity index (χ1n) is 12.2. The van der Waals surface area contributed by atoms with Gasteiger partial charge in [0.15, 0.2) is 0 Å². The molecule has 3 aromatic rings. The SMILES string of the molecule is O=C(C#CCN1CCCCC1)Nc1cc2c(Nc3ccc(F)c(Cl)c3)ncnc2cc1OCC1CC1. The summed E-state index contributed by atoms with van der Waals surface area (Å²) in [7, 11) is 0. The zero-order chi connectivity index (χ0) is 24.9. The molecule has 5 rings (SSSR count). The molecule has 0 spiro atoms. The summed E-state index contributed by atoms with van der Waals surface area (Å²) in [4.78, 5) is 23.7. The van der Waals surface area contributed by atoms with Crippen molar-refractivity contribution in [1.82, 2.24) is 14.9 Å². The lowest BCUT2D eigenvalue weighted by atomic mass is 10.1. The van der Waals surface area contributed by atoms with E-state index in [-0.39, 0.29) is 5.02 Å². The molecule has 36 heavy (non-hydrogen) atoms. The predicted molar refractivity (Wildman–Crippen MR) is 139 cm³/mol. The average Bonchev–Trinajstić information content (AvgIpc) is 3.71. The van der Waals surface area contributed by atoms with Crippen molar-refractivity contribution in [2.75, 3.05) is 36.9 Å². The molecule has 1 aliphatic heterocycles. The Bertz CT molecular complexity index is 1330. The number of amides is 1. The number of hydrogen-bond acceptors (Lipinski definition) is 6. The lowest BCUT2D eigenvalue weighted by Gasteiger charge is -2.23. The Morgan fingerprint density at radius 3 is 2.78 bits per heavy atom. The number of fused-ring (bicyclic) bond motifs is 1. The molecule has 1 aliphatic carbocycles. The van der Waals surface area contributed by atoms with E-state index < -0.39 is 11.7 Å². The molecule has 1 amide bonds. The molecule has 0 unspecified atom stereocenters. The number of piperidine rings is 1. The summed E-state index contributed by atoms with van der Waals surface area (Å²) in [6.45, 7) is 3.21. The van der Waals surface area contributed by atoms with Gasteiger partial charge in [0, 0.05) is 17.1 Å². The predicted octanol–water partition coefficient (Wildman–Crippen LogP) is 5.38. The number of rotatable bonds is 7. The maximum atomic E-state index is 13.6. The summed E-state index contributed by atoms with van der Waals surface area (Å²) < 4.78 is 19.6. The Balaban J connectivity index is 1.40. The maximum absolute atomic E-state index is 13.6. The molecule has 9 heteroatoms. The molecule has 2 aliphatic rings. The number of anilines is 3. The molecule has 0 bridgehead atoms. The molecule has 2 N–H and O–H groups in total. The lowest BCUT2D eigenvalue weighted by Crippen LogP contribution is -2.30. The quantitative estimate of drug-likeness (QED) is 0.418. The highest BCUT2D eigenvalue weighted by molar-refractivity contribution is 6.31. The minimum absolute atomic E-state index is 0.00482. The Labute approximate surface area is 214 Å². The highest BCUT2D eigenvalue weighted by Gasteiger charge is 2.23. The van der Waals surface area contributed by atoms with Gasteiger partial charge in [0.05, 0.1) is 29.4 Å². The van der Waals surface area contributed by atoms with Crippen molar-refractivity contribution in [3.05, 3.63) is 47.5 Å². The minimum Gasteiger partial charge on any atom is -0.491 e. The summed E-state index contributed by atoms with van der Waals surface area (Å²) >= 11 is 5.93. The molecule has 186 valence electrons. The minimum atomic E-state index is -0.501. The van der Waals surface area contributed by atoms with Crippen molar-refractivity contribution in [2.24, 2.45) is 5.92 Å². The largest absolute Gasteiger partial charge is 0.491 e. The number of nitrogens with zero attached hydrogens (tertiary/aromatic N) is 3. The van der Waals surface area contributed by atoms with Crippen LogP contribution in [0, 0.1) is 23.6 Å². The smallest absolute Gasteiger partial charge is 0.300 e. The summed E-state index contributed by atoms with van der Waals surface area (Å²) in [6, 6.07) is 7.90. The number of halogens is 2.